The molecule has 0 amide bonds. The summed E-state index contributed by atoms with van der Waals surface area (Å²) in [5, 5.41) is 10.6. The highest BCUT2D eigenvalue weighted by atomic mass is 31.2. The largest absolute Gasteiger partial charge is 0.472 e. The number of aliphatic hydroxyl groups excluding tert-OH is 1. The number of carbonyl (C=O) groups excluding carboxylic acids is 4. The second-order valence-electron chi connectivity index (χ2n) is 30.8. The lowest BCUT2D eigenvalue weighted by Gasteiger charge is -2.21. The number of ether oxygens (including phenoxy) is 4. The van der Waals surface area contributed by atoms with Crippen LogP contribution < -0.4 is 0 Å². The predicted molar refractivity (Wildman–Crippen MR) is 409 cm³/mol. The number of hydrogen-bond acceptors (Lipinski definition) is 15. The van der Waals surface area contributed by atoms with Crippen molar-refractivity contribution in [2.24, 2.45) is 23.7 Å². The molecule has 0 rings (SSSR count). The highest BCUT2D eigenvalue weighted by Gasteiger charge is 2.30. The molecular formula is C81H158O17P2. The number of carbonyl (C=O) groups is 4. The average molecular weight is 1470 g/mol. The van der Waals surface area contributed by atoms with Gasteiger partial charge in [-0.1, -0.05) is 364 Å². The summed E-state index contributed by atoms with van der Waals surface area (Å²) in [7, 11) is -9.92. The minimum Gasteiger partial charge on any atom is -0.462 e. The maximum Gasteiger partial charge on any atom is 0.472 e. The summed E-state index contributed by atoms with van der Waals surface area (Å²) in [6.07, 6.45) is 56.8. The van der Waals surface area contributed by atoms with Gasteiger partial charge in [0, 0.05) is 25.7 Å². The summed E-state index contributed by atoms with van der Waals surface area (Å²) < 4.78 is 68.7. The van der Waals surface area contributed by atoms with Gasteiger partial charge >= 0.3 is 39.5 Å². The van der Waals surface area contributed by atoms with E-state index in [2.05, 4.69) is 55.4 Å². The summed E-state index contributed by atoms with van der Waals surface area (Å²) in [6, 6.07) is 0. The molecule has 0 heterocycles. The van der Waals surface area contributed by atoms with E-state index in [4.69, 9.17) is 37.0 Å². The summed E-state index contributed by atoms with van der Waals surface area (Å²) in [4.78, 5) is 73.1. The van der Waals surface area contributed by atoms with E-state index < -0.39 is 97.5 Å². The van der Waals surface area contributed by atoms with Gasteiger partial charge in [0.25, 0.3) is 0 Å². The van der Waals surface area contributed by atoms with Crippen LogP contribution in [0.2, 0.25) is 0 Å². The second kappa shape index (κ2) is 70.1. The lowest BCUT2D eigenvalue weighted by atomic mass is 9.99. The van der Waals surface area contributed by atoms with Crippen LogP contribution >= 0.6 is 15.6 Å². The smallest absolute Gasteiger partial charge is 0.462 e. The quantitative estimate of drug-likeness (QED) is 0.0222. The van der Waals surface area contributed by atoms with Crippen LogP contribution in [0.1, 0.15) is 415 Å². The molecule has 6 atom stereocenters. The van der Waals surface area contributed by atoms with E-state index in [1.807, 2.05) is 0 Å². The van der Waals surface area contributed by atoms with Crippen molar-refractivity contribution in [2.75, 3.05) is 39.6 Å². The maximum absolute atomic E-state index is 13.1. The minimum absolute atomic E-state index is 0.106. The van der Waals surface area contributed by atoms with Gasteiger partial charge in [-0.3, -0.25) is 37.3 Å². The SMILES string of the molecule is CCC(C)CCCCCCCCCCCCCCCCC(=O)O[C@H](COC(=O)CCCCCCCCCCCCCCCC(C)C)COP(=O)(O)OC[C@@H](O)COP(=O)(O)OC[C@@H](COC(=O)CCCCCCCCCCC(C)C)OC(=O)CCCCCCCCCCCCCCC(C)C. The maximum atomic E-state index is 13.1. The monoisotopic (exact) mass is 1470 g/mol. The molecule has 0 aromatic heterocycles. The van der Waals surface area contributed by atoms with Crippen LogP contribution in [-0.4, -0.2) is 96.7 Å². The van der Waals surface area contributed by atoms with Gasteiger partial charge in [-0.25, -0.2) is 9.13 Å². The second-order valence-corrected chi connectivity index (χ2v) is 33.7. The Morgan fingerprint density at radius 2 is 0.480 bits per heavy atom. The fourth-order valence-corrected chi connectivity index (χ4v) is 14.0. The molecule has 3 N–H and O–H groups in total. The Hall–Kier alpha value is -1.94. The standard InChI is InChI=1S/C81H158O17P2/c1-9-74(8)60-52-44-36-27-21-14-10-11-15-23-29-39-47-55-63-80(85)97-76(67-91-78(83)61-53-45-37-28-22-16-12-13-19-25-33-41-49-57-71(2)3)69-95-99(87,88)93-65-75(82)66-94-100(89,90)96-70-77(68-92-79(84)62-54-46-38-32-31-35-43-51-59-73(6)7)98-81(86)64-56-48-40-30-24-18-17-20-26-34-42-50-58-72(4)5/h71-77,82H,9-70H2,1-8H3,(H,87,88)(H,89,90)/t74?,75-,76-,77-/m1/s1. The normalized spacial score (nSPS) is 14.3. The molecule has 0 bridgehead atoms. The van der Waals surface area contributed by atoms with Gasteiger partial charge in [-0.2, -0.15) is 0 Å². The zero-order valence-electron chi connectivity index (χ0n) is 65.8. The summed E-state index contributed by atoms with van der Waals surface area (Å²) in [5.41, 5.74) is 0. The molecule has 0 aliphatic carbocycles. The Morgan fingerprint density at radius 1 is 0.280 bits per heavy atom. The first-order valence-electron chi connectivity index (χ1n) is 41.7. The van der Waals surface area contributed by atoms with Crippen molar-refractivity contribution in [3.63, 3.8) is 0 Å². The van der Waals surface area contributed by atoms with Crippen LogP contribution in [0.4, 0.5) is 0 Å². The highest BCUT2D eigenvalue weighted by Crippen LogP contribution is 2.45. The molecule has 0 radical (unpaired) electrons. The van der Waals surface area contributed by atoms with E-state index in [1.165, 1.54) is 218 Å². The van der Waals surface area contributed by atoms with Crippen LogP contribution in [-0.2, 0) is 65.4 Å². The Kier molecular flexibility index (Phi) is 68.7. The Bertz CT molecular complexity index is 1960. The molecule has 0 aromatic rings. The van der Waals surface area contributed by atoms with E-state index >= 15 is 0 Å². The summed E-state index contributed by atoms with van der Waals surface area (Å²) >= 11 is 0. The third kappa shape index (κ3) is 73.0. The number of aliphatic hydroxyl groups is 1. The Morgan fingerprint density at radius 3 is 0.710 bits per heavy atom. The molecule has 100 heavy (non-hydrogen) atoms. The van der Waals surface area contributed by atoms with Crippen molar-refractivity contribution >= 4 is 39.5 Å². The third-order valence-corrected chi connectivity index (χ3v) is 21.1. The van der Waals surface area contributed by atoms with Crippen LogP contribution in [0.5, 0.6) is 0 Å². The van der Waals surface area contributed by atoms with E-state index in [0.717, 1.165) is 114 Å². The predicted octanol–water partition coefficient (Wildman–Crippen LogP) is 24.0. The average Bonchev–Trinajstić information content (AvgIpc) is 0.924. The number of rotatable bonds is 78. The first-order valence-corrected chi connectivity index (χ1v) is 44.7. The summed E-state index contributed by atoms with van der Waals surface area (Å²) in [6.45, 7) is 14.3. The molecule has 594 valence electrons. The van der Waals surface area contributed by atoms with Crippen LogP contribution in [0.25, 0.3) is 0 Å². The molecule has 0 fully saturated rings. The van der Waals surface area contributed by atoms with Crippen molar-refractivity contribution in [2.45, 2.75) is 433 Å². The van der Waals surface area contributed by atoms with Crippen molar-refractivity contribution in [1.82, 2.24) is 0 Å². The minimum atomic E-state index is -4.96. The molecule has 17 nitrogen and oxygen atoms in total. The number of phosphoric acid groups is 2. The molecule has 3 unspecified atom stereocenters. The van der Waals surface area contributed by atoms with Gasteiger partial charge in [0.05, 0.1) is 26.4 Å². The molecular weight excluding hydrogens is 1310 g/mol. The van der Waals surface area contributed by atoms with Gasteiger partial charge in [-0.05, 0) is 49.4 Å². The van der Waals surface area contributed by atoms with Crippen LogP contribution in [0, 0.1) is 23.7 Å². The van der Waals surface area contributed by atoms with Gasteiger partial charge in [-0.15, -0.1) is 0 Å². The zero-order chi connectivity index (χ0) is 73.8. The fraction of sp³-hybridized carbons (Fsp3) is 0.951. The Balaban J connectivity index is 5.27. The summed E-state index contributed by atoms with van der Waals surface area (Å²) in [5.74, 6) is 1.03. The van der Waals surface area contributed by atoms with E-state index in [-0.39, 0.29) is 25.7 Å². The molecule has 0 aliphatic rings. The molecule has 0 saturated heterocycles. The molecule has 0 aliphatic heterocycles. The fourth-order valence-electron chi connectivity index (χ4n) is 12.4. The van der Waals surface area contributed by atoms with E-state index in [9.17, 15) is 43.2 Å². The lowest BCUT2D eigenvalue weighted by Crippen LogP contribution is -2.30. The zero-order valence-corrected chi connectivity index (χ0v) is 67.6. The third-order valence-electron chi connectivity index (χ3n) is 19.2. The molecule has 0 aromatic carbocycles. The first kappa shape index (κ1) is 98.1. The number of unbranched alkanes of at least 4 members (excludes halogenated alkanes) is 43. The van der Waals surface area contributed by atoms with E-state index in [1.54, 1.807) is 0 Å². The van der Waals surface area contributed by atoms with Crippen LogP contribution in [0.3, 0.4) is 0 Å². The van der Waals surface area contributed by atoms with Crippen molar-refractivity contribution < 1.29 is 80.2 Å². The highest BCUT2D eigenvalue weighted by molar-refractivity contribution is 7.47. The number of hydrogen-bond donors (Lipinski definition) is 3. The lowest BCUT2D eigenvalue weighted by molar-refractivity contribution is -0.161. The van der Waals surface area contributed by atoms with Gasteiger partial charge in [0.2, 0.25) is 0 Å². The number of phosphoric ester groups is 2. The first-order chi connectivity index (χ1) is 48.1. The van der Waals surface area contributed by atoms with Gasteiger partial charge in [0.1, 0.15) is 19.3 Å². The van der Waals surface area contributed by atoms with Gasteiger partial charge < -0.3 is 33.8 Å². The van der Waals surface area contributed by atoms with Crippen molar-refractivity contribution in [3.8, 4) is 0 Å². The molecule has 0 spiro atoms. The van der Waals surface area contributed by atoms with Crippen molar-refractivity contribution in [1.29, 1.82) is 0 Å². The van der Waals surface area contributed by atoms with E-state index in [0.29, 0.717) is 25.7 Å². The molecule has 0 saturated carbocycles. The van der Waals surface area contributed by atoms with Crippen molar-refractivity contribution in [3.05, 3.63) is 0 Å². The topological polar surface area (TPSA) is 237 Å². The molecule has 19 heteroatoms. The Labute approximate surface area is 613 Å². The number of esters is 4. The van der Waals surface area contributed by atoms with Crippen LogP contribution in [0.15, 0.2) is 0 Å². The van der Waals surface area contributed by atoms with Gasteiger partial charge in [0.15, 0.2) is 12.2 Å².